The summed E-state index contributed by atoms with van der Waals surface area (Å²) in [6.07, 6.45) is -1.28. The highest BCUT2D eigenvalue weighted by Gasteiger charge is 2.33. The molecular weight excluding hydrogens is 371 g/mol. The van der Waals surface area contributed by atoms with Crippen LogP contribution in [0, 0.1) is 5.92 Å². The van der Waals surface area contributed by atoms with E-state index in [0.29, 0.717) is 0 Å². The van der Waals surface area contributed by atoms with Gasteiger partial charge in [-0.25, -0.2) is 9.59 Å². The number of amides is 3. The number of carbonyl (C=O) groups is 3. The van der Waals surface area contributed by atoms with E-state index in [2.05, 4.69) is 4.98 Å². The summed E-state index contributed by atoms with van der Waals surface area (Å²) < 4.78 is 5.06. The van der Waals surface area contributed by atoms with Gasteiger partial charge < -0.3 is 16.2 Å². The van der Waals surface area contributed by atoms with Gasteiger partial charge in [0.25, 0.3) is 11.1 Å². The molecule has 0 aliphatic heterocycles. The number of anilines is 1. The number of primary amides is 1. The van der Waals surface area contributed by atoms with Crippen LogP contribution < -0.4 is 21.8 Å². The summed E-state index contributed by atoms with van der Waals surface area (Å²) >= 11 is 17.5. The third-order valence-corrected chi connectivity index (χ3v) is 3.83. The lowest BCUT2D eigenvalue weighted by molar-refractivity contribution is -0.380. The van der Waals surface area contributed by atoms with E-state index in [-0.39, 0.29) is 26.6 Å². The second-order valence-corrected chi connectivity index (χ2v) is 5.91. The topological polar surface area (TPSA) is 139 Å². The Bertz CT molecular complexity index is 666. The molecule has 8 nitrogen and oxygen atoms in total. The van der Waals surface area contributed by atoms with E-state index in [1.807, 2.05) is 5.32 Å². The number of urea groups is 1. The number of carbonyl (C=O) groups excluding carboxylic acids is 3. The van der Waals surface area contributed by atoms with Gasteiger partial charge >= 0.3 is 17.7 Å². The first-order valence-electron chi connectivity index (χ1n) is 6.22. The molecule has 1 rings (SSSR count). The molecule has 0 radical (unpaired) electrons. The SMILES string of the molecule is CC(C)[C@@H](OC(=O)c1[nH+]c(Cl)c(Cl)c(N)c1Cl)C(=O)NC(N)=O. The van der Waals surface area contributed by atoms with Gasteiger partial charge in [0.1, 0.15) is 10.0 Å². The van der Waals surface area contributed by atoms with E-state index in [1.54, 1.807) is 13.8 Å². The highest BCUT2D eigenvalue weighted by atomic mass is 35.5. The van der Waals surface area contributed by atoms with E-state index in [1.165, 1.54) is 0 Å². The van der Waals surface area contributed by atoms with Gasteiger partial charge in [-0.15, -0.1) is 0 Å². The number of aromatic nitrogens is 1. The van der Waals surface area contributed by atoms with Crippen molar-refractivity contribution in [1.82, 2.24) is 5.32 Å². The normalized spacial score (nSPS) is 11.9. The van der Waals surface area contributed by atoms with Gasteiger partial charge in [0.15, 0.2) is 6.10 Å². The number of H-pyrrole nitrogens is 1. The zero-order valence-electron chi connectivity index (χ0n) is 12.1. The molecule has 6 N–H and O–H groups in total. The van der Waals surface area contributed by atoms with Crippen molar-refractivity contribution in [3.8, 4) is 0 Å². The minimum Gasteiger partial charge on any atom is -0.444 e. The maximum absolute atomic E-state index is 12.2. The molecule has 0 aliphatic carbocycles. The monoisotopic (exact) mass is 383 g/mol. The van der Waals surface area contributed by atoms with Crippen LogP contribution in [0.3, 0.4) is 0 Å². The molecule has 23 heavy (non-hydrogen) atoms. The number of halogens is 3. The Morgan fingerprint density at radius 2 is 1.74 bits per heavy atom. The van der Waals surface area contributed by atoms with E-state index < -0.39 is 29.9 Å². The van der Waals surface area contributed by atoms with Crippen molar-refractivity contribution in [3.05, 3.63) is 20.9 Å². The van der Waals surface area contributed by atoms with E-state index >= 15 is 0 Å². The van der Waals surface area contributed by atoms with Crippen molar-refractivity contribution < 1.29 is 24.1 Å². The Hall–Kier alpha value is -1.77. The van der Waals surface area contributed by atoms with Gasteiger partial charge in [-0.3, -0.25) is 10.1 Å². The van der Waals surface area contributed by atoms with E-state index in [4.69, 9.17) is 51.0 Å². The molecular formula is C12H14Cl3N4O4+. The molecule has 3 amide bonds. The number of pyridine rings is 1. The number of aromatic amines is 1. The highest BCUT2D eigenvalue weighted by molar-refractivity contribution is 6.45. The third kappa shape index (κ3) is 4.60. The van der Waals surface area contributed by atoms with Crippen LogP contribution in [0.15, 0.2) is 0 Å². The lowest BCUT2D eigenvalue weighted by atomic mass is 10.1. The van der Waals surface area contributed by atoms with E-state index in [0.717, 1.165) is 0 Å². The maximum atomic E-state index is 12.2. The predicted octanol–water partition coefficient (Wildman–Crippen LogP) is 1.42. The van der Waals surface area contributed by atoms with Crippen LogP contribution in [0.2, 0.25) is 15.2 Å². The molecule has 0 aliphatic rings. The van der Waals surface area contributed by atoms with Gasteiger partial charge in [-0.2, -0.15) is 4.98 Å². The average molecular weight is 385 g/mol. The Morgan fingerprint density at radius 1 is 1.17 bits per heavy atom. The van der Waals surface area contributed by atoms with Gasteiger partial charge in [-0.1, -0.05) is 37.0 Å². The van der Waals surface area contributed by atoms with Crippen molar-refractivity contribution >= 4 is 58.4 Å². The number of hydrogen-bond acceptors (Lipinski definition) is 5. The largest absolute Gasteiger partial charge is 0.444 e. The molecule has 1 heterocycles. The lowest BCUT2D eigenvalue weighted by Crippen LogP contribution is -2.46. The Kier molecular flexibility index (Phi) is 6.43. The van der Waals surface area contributed by atoms with Gasteiger partial charge in [0, 0.05) is 0 Å². The summed E-state index contributed by atoms with van der Waals surface area (Å²) in [6.45, 7) is 3.21. The quantitative estimate of drug-likeness (QED) is 0.532. The fraction of sp³-hybridized carbons (Fsp3) is 0.333. The number of imide groups is 1. The lowest BCUT2D eigenvalue weighted by Gasteiger charge is -2.19. The van der Waals surface area contributed by atoms with Gasteiger partial charge in [0.05, 0.1) is 5.69 Å². The standard InChI is InChI=1S/C12H13Cl3N4O4/c1-3(2)8(10(20)19-12(17)22)23-11(21)7-4(13)6(16)5(14)9(15)18-7/h3,8H,1-2H3,(H2,16,18)(H3,17,19,20,22)/p+1/t8-/m1/s1. The van der Waals surface area contributed by atoms with Gasteiger partial charge in [0.2, 0.25) is 0 Å². The fourth-order valence-electron chi connectivity index (χ4n) is 1.57. The van der Waals surface area contributed by atoms with Crippen molar-refractivity contribution in [3.63, 3.8) is 0 Å². The first-order chi connectivity index (χ1) is 10.6. The van der Waals surface area contributed by atoms with Crippen LogP contribution in [-0.4, -0.2) is 24.0 Å². The smallest absolute Gasteiger partial charge is 0.406 e. The number of nitrogen functional groups attached to an aromatic ring is 1. The van der Waals surface area contributed by atoms with Crippen LogP contribution in [0.25, 0.3) is 0 Å². The summed E-state index contributed by atoms with van der Waals surface area (Å²) in [5, 5.41) is 1.45. The number of nitrogens with one attached hydrogen (secondary N) is 2. The second-order valence-electron chi connectivity index (χ2n) is 4.78. The molecule has 0 bridgehead atoms. The van der Waals surface area contributed by atoms with Crippen LogP contribution in [-0.2, 0) is 9.53 Å². The van der Waals surface area contributed by atoms with Crippen molar-refractivity contribution in [2.24, 2.45) is 11.7 Å². The minimum absolute atomic E-state index is 0.0555. The molecule has 0 unspecified atom stereocenters. The fourth-order valence-corrected chi connectivity index (χ4v) is 2.17. The zero-order valence-corrected chi connectivity index (χ0v) is 14.3. The van der Waals surface area contributed by atoms with Crippen molar-refractivity contribution in [2.75, 3.05) is 5.73 Å². The van der Waals surface area contributed by atoms with Crippen molar-refractivity contribution in [1.29, 1.82) is 0 Å². The first kappa shape index (κ1) is 19.3. The molecule has 0 saturated carbocycles. The second kappa shape index (κ2) is 7.67. The van der Waals surface area contributed by atoms with Crippen LogP contribution in [0.4, 0.5) is 10.5 Å². The Balaban J connectivity index is 3.10. The zero-order chi connectivity index (χ0) is 17.9. The number of hydrogen-bond donors (Lipinski definition) is 3. The van der Waals surface area contributed by atoms with Crippen LogP contribution >= 0.6 is 34.8 Å². The summed E-state index contributed by atoms with van der Waals surface area (Å²) in [4.78, 5) is 37.2. The third-order valence-electron chi connectivity index (χ3n) is 2.67. The van der Waals surface area contributed by atoms with Crippen LogP contribution in [0.1, 0.15) is 24.3 Å². The summed E-state index contributed by atoms with van der Waals surface area (Å²) in [7, 11) is 0. The molecule has 0 saturated heterocycles. The average Bonchev–Trinajstić information content (AvgIpc) is 2.44. The minimum atomic E-state index is -1.28. The molecule has 0 aromatic carbocycles. The van der Waals surface area contributed by atoms with Crippen molar-refractivity contribution in [2.45, 2.75) is 20.0 Å². The molecule has 11 heteroatoms. The maximum Gasteiger partial charge on any atom is 0.406 e. The molecule has 1 atom stereocenters. The molecule has 1 aromatic rings. The number of rotatable bonds is 4. The predicted molar refractivity (Wildman–Crippen MR) is 84.2 cm³/mol. The highest BCUT2D eigenvalue weighted by Crippen LogP contribution is 2.32. The summed E-state index contributed by atoms with van der Waals surface area (Å²) in [5.41, 5.74) is 10.1. The Labute approximate surface area is 146 Å². The molecule has 0 spiro atoms. The summed E-state index contributed by atoms with van der Waals surface area (Å²) in [5.74, 6) is -2.32. The Morgan fingerprint density at radius 3 is 2.22 bits per heavy atom. The van der Waals surface area contributed by atoms with E-state index in [9.17, 15) is 14.4 Å². The first-order valence-corrected chi connectivity index (χ1v) is 7.36. The summed E-state index contributed by atoms with van der Waals surface area (Å²) in [6, 6.07) is -1.07. The number of nitrogens with two attached hydrogens (primary N) is 2. The molecule has 0 fully saturated rings. The molecule has 126 valence electrons. The van der Waals surface area contributed by atoms with Crippen LogP contribution in [0.5, 0.6) is 0 Å². The number of esters is 1. The number of ether oxygens (including phenoxy) is 1. The molecule has 1 aromatic heterocycles. The van der Waals surface area contributed by atoms with Gasteiger partial charge in [-0.05, 0) is 17.5 Å².